The quantitative estimate of drug-likeness (QED) is 0.740. The van der Waals surface area contributed by atoms with E-state index in [-0.39, 0.29) is 6.10 Å². The molecule has 1 saturated heterocycles. The third-order valence-electron chi connectivity index (χ3n) is 3.88. The molecule has 0 aromatic heterocycles. The first-order valence-corrected chi connectivity index (χ1v) is 8.33. The highest BCUT2D eigenvalue weighted by Gasteiger charge is 2.19. The van der Waals surface area contributed by atoms with Crippen LogP contribution in [0.5, 0.6) is 0 Å². The SMILES string of the molecule is CCCNCC(OCC1CCOCC1)c1ccccc1Cl. The lowest BCUT2D eigenvalue weighted by molar-refractivity contribution is -0.0113. The monoisotopic (exact) mass is 311 g/mol. The molecule has 21 heavy (non-hydrogen) atoms. The van der Waals surface area contributed by atoms with Gasteiger partial charge in [-0.15, -0.1) is 0 Å². The molecule has 1 aromatic carbocycles. The van der Waals surface area contributed by atoms with Crippen LogP contribution in [0.4, 0.5) is 0 Å². The van der Waals surface area contributed by atoms with E-state index in [9.17, 15) is 0 Å². The zero-order chi connectivity index (χ0) is 14.9. The van der Waals surface area contributed by atoms with Crippen molar-refractivity contribution in [3.63, 3.8) is 0 Å². The fourth-order valence-electron chi connectivity index (χ4n) is 2.57. The van der Waals surface area contributed by atoms with E-state index in [1.165, 1.54) is 0 Å². The molecule has 0 saturated carbocycles. The van der Waals surface area contributed by atoms with E-state index in [0.29, 0.717) is 5.92 Å². The van der Waals surface area contributed by atoms with Crippen molar-refractivity contribution in [2.24, 2.45) is 5.92 Å². The van der Waals surface area contributed by atoms with E-state index < -0.39 is 0 Å². The van der Waals surface area contributed by atoms with Crippen LogP contribution in [0.2, 0.25) is 5.02 Å². The Bertz CT molecular complexity index is 408. The zero-order valence-corrected chi connectivity index (χ0v) is 13.6. The number of benzene rings is 1. The third-order valence-corrected chi connectivity index (χ3v) is 4.23. The van der Waals surface area contributed by atoms with E-state index in [1.807, 2.05) is 18.2 Å². The van der Waals surface area contributed by atoms with Crippen LogP contribution < -0.4 is 5.32 Å². The maximum Gasteiger partial charge on any atom is 0.0963 e. The van der Waals surface area contributed by atoms with Gasteiger partial charge in [0.2, 0.25) is 0 Å². The van der Waals surface area contributed by atoms with E-state index in [2.05, 4.69) is 18.3 Å². The summed E-state index contributed by atoms with van der Waals surface area (Å²) < 4.78 is 11.6. The number of halogens is 1. The topological polar surface area (TPSA) is 30.5 Å². The summed E-state index contributed by atoms with van der Waals surface area (Å²) in [6, 6.07) is 7.97. The summed E-state index contributed by atoms with van der Waals surface area (Å²) in [5.74, 6) is 0.606. The predicted octanol–water partition coefficient (Wildman–Crippen LogP) is 3.82. The number of hydrogen-bond acceptors (Lipinski definition) is 3. The Kier molecular flexibility index (Phi) is 7.51. The molecule has 0 amide bonds. The molecule has 1 aliphatic heterocycles. The lowest BCUT2D eigenvalue weighted by Crippen LogP contribution is -2.27. The molecular weight excluding hydrogens is 286 g/mol. The van der Waals surface area contributed by atoms with E-state index in [0.717, 1.165) is 62.8 Å². The van der Waals surface area contributed by atoms with Gasteiger partial charge in [-0.2, -0.15) is 0 Å². The second kappa shape index (κ2) is 9.42. The van der Waals surface area contributed by atoms with Gasteiger partial charge >= 0.3 is 0 Å². The van der Waals surface area contributed by atoms with Gasteiger partial charge in [-0.3, -0.25) is 0 Å². The average Bonchev–Trinajstić information content (AvgIpc) is 2.53. The lowest BCUT2D eigenvalue weighted by atomic mass is 10.0. The summed E-state index contributed by atoms with van der Waals surface area (Å²) in [6.45, 7) is 6.48. The molecule has 0 radical (unpaired) electrons. The predicted molar refractivity (Wildman–Crippen MR) is 86.8 cm³/mol. The maximum atomic E-state index is 6.33. The highest BCUT2D eigenvalue weighted by molar-refractivity contribution is 6.31. The minimum Gasteiger partial charge on any atom is -0.381 e. The van der Waals surface area contributed by atoms with Crippen molar-refractivity contribution in [1.29, 1.82) is 0 Å². The van der Waals surface area contributed by atoms with Crippen LogP contribution in [-0.2, 0) is 9.47 Å². The molecule has 0 aliphatic carbocycles. The number of ether oxygens (including phenoxy) is 2. The smallest absolute Gasteiger partial charge is 0.0963 e. The fraction of sp³-hybridized carbons (Fsp3) is 0.647. The summed E-state index contributed by atoms with van der Waals surface area (Å²) in [6.07, 6.45) is 3.33. The van der Waals surface area contributed by atoms with Crippen LogP contribution in [0.15, 0.2) is 24.3 Å². The van der Waals surface area contributed by atoms with E-state index >= 15 is 0 Å². The molecule has 1 aromatic rings. The van der Waals surface area contributed by atoms with Crippen molar-refractivity contribution < 1.29 is 9.47 Å². The van der Waals surface area contributed by atoms with Crippen LogP contribution in [0.25, 0.3) is 0 Å². The van der Waals surface area contributed by atoms with Crippen molar-refractivity contribution in [2.45, 2.75) is 32.3 Å². The Hall–Kier alpha value is -0.610. The molecule has 1 N–H and O–H groups in total. The molecule has 1 atom stereocenters. The summed E-state index contributed by atoms with van der Waals surface area (Å²) >= 11 is 6.33. The van der Waals surface area contributed by atoms with Crippen LogP contribution in [0.3, 0.4) is 0 Å². The number of rotatable bonds is 8. The van der Waals surface area contributed by atoms with Gasteiger partial charge in [0.15, 0.2) is 0 Å². The van der Waals surface area contributed by atoms with Crippen LogP contribution >= 0.6 is 11.6 Å². The Morgan fingerprint density at radius 3 is 2.81 bits per heavy atom. The van der Waals surface area contributed by atoms with Crippen LogP contribution in [0, 0.1) is 5.92 Å². The molecule has 1 fully saturated rings. The molecule has 2 rings (SSSR count). The van der Waals surface area contributed by atoms with Gasteiger partial charge in [-0.1, -0.05) is 36.7 Å². The molecule has 1 heterocycles. The third kappa shape index (κ3) is 5.59. The first-order valence-electron chi connectivity index (χ1n) is 7.95. The van der Waals surface area contributed by atoms with Crippen LogP contribution in [-0.4, -0.2) is 32.9 Å². The van der Waals surface area contributed by atoms with E-state index in [4.69, 9.17) is 21.1 Å². The molecule has 4 heteroatoms. The first-order chi connectivity index (χ1) is 10.3. The zero-order valence-electron chi connectivity index (χ0n) is 12.8. The van der Waals surface area contributed by atoms with E-state index in [1.54, 1.807) is 0 Å². The summed E-state index contributed by atoms with van der Waals surface area (Å²) in [5.41, 5.74) is 1.08. The average molecular weight is 312 g/mol. The second-order valence-corrected chi connectivity index (χ2v) is 6.01. The molecule has 0 spiro atoms. The first kappa shape index (κ1) is 16.8. The van der Waals surface area contributed by atoms with Crippen LogP contribution in [0.1, 0.15) is 37.9 Å². The summed E-state index contributed by atoms with van der Waals surface area (Å²) in [7, 11) is 0. The van der Waals surface area contributed by atoms with Crippen molar-refractivity contribution in [1.82, 2.24) is 5.32 Å². The van der Waals surface area contributed by atoms with Gasteiger partial charge in [0.05, 0.1) is 12.7 Å². The molecule has 3 nitrogen and oxygen atoms in total. The second-order valence-electron chi connectivity index (χ2n) is 5.60. The Morgan fingerprint density at radius 1 is 1.33 bits per heavy atom. The molecule has 1 unspecified atom stereocenters. The van der Waals surface area contributed by atoms with Crippen molar-refractivity contribution in [3.8, 4) is 0 Å². The Labute approximate surface area is 133 Å². The summed E-state index contributed by atoms with van der Waals surface area (Å²) in [4.78, 5) is 0. The minimum atomic E-state index is 0.0214. The molecular formula is C17H26ClNO2. The van der Waals surface area contributed by atoms with Crippen molar-refractivity contribution >= 4 is 11.6 Å². The van der Waals surface area contributed by atoms with Gasteiger partial charge in [-0.05, 0) is 37.8 Å². The molecule has 118 valence electrons. The van der Waals surface area contributed by atoms with Gasteiger partial charge in [-0.25, -0.2) is 0 Å². The molecule has 0 bridgehead atoms. The van der Waals surface area contributed by atoms with Gasteiger partial charge in [0.1, 0.15) is 0 Å². The normalized spacial score (nSPS) is 17.8. The maximum absolute atomic E-state index is 6.33. The Balaban J connectivity index is 1.93. The van der Waals surface area contributed by atoms with Gasteiger partial charge < -0.3 is 14.8 Å². The lowest BCUT2D eigenvalue weighted by Gasteiger charge is -2.26. The highest BCUT2D eigenvalue weighted by Crippen LogP contribution is 2.26. The van der Waals surface area contributed by atoms with Crippen molar-refractivity contribution in [3.05, 3.63) is 34.9 Å². The highest BCUT2D eigenvalue weighted by atomic mass is 35.5. The van der Waals surface area contributed by atoms with Crippen molar-refractivity contribution in [2.75, 3.05) is 32.9 Å². The van der Waals surface area contributed by atoms with Gasteiger partial charge in [0.25, 0.3) is 0 Å². The number of hydrogen-bond donors (Lipinski definition) is 1. The Morgan fingerprint density at radius 2 is 2.10 bits per heavy atom. The fourth-order valence-corrected chi connectivity index (χ4v) is 2.83. The molecule has 1 aliphatic rings. The largest absolute Gasteiger partial charge is 0.381 e. The van der Waals surface area contributed by atoms with Gasteiger partial charge in [0, 0.05) is 30.3 Å². The number of nitrogens with one attached hydrogen (secondary N) is 1. The minimum absolute atomic E-state index is 0.0214. The standard InChI is InChI=1S/C17H26ClNO2/c1-2-9-19-12-17(15-5-3-4-6-16(15)18)21-13-14-7-10-20-11-8-14/h3-6,14,17,19H,2,7-13H2,1H3. The summed E-state index contributed by atoms with van der Waals surface area (Å²) in [5, 5.41) is 4.23.